The number of benzene rings is 2. The molecule has 0 aliphatic rings. The van der Waals surface area contributed by atoms with Gasteiger partial charge in [0.05, 0.1) is 0 Å². The summed E-state index contributed by atoms with van der Waals surface area (Å²) < 4.78 is 5.32. The maximum absolute atomic E-state index is 11.6. The summed E-state index contributed by atoms with van der Waals surface area (Å²) in [5.41, 5.74) is 0.344. The molecule has 0 radical (unpaired) electrons. The van der Waals surface area contributed by atoms with Gasteiger partial charge < -0.3 is 4.74 Å². The van der Waals surface area contributed by atoms with E-state index in [0.29, 0.717) is 11.3 Å². The van der Waals surface area contributed by atoms with Crippen molar-refractivity contribution in [3.63, 3.8) is 0 Å². The molecule has 0 atom stereocenters. The Bertz CT molecular complexity index is 704. The number of hydrogen-bond donors (Lipinski definition) is 0. The maximum Gasteiger partial charge on any atom is 0.338 e. The number of ether oxygens (including phenoxy) is 1. The highest BCUT2D eigenvalue weighted by Gasteiger charge is 2.12. The summed E-state index contributed by atoms with van der Waals surface area (Å²) in [6.07, 6.45) is 0. The first-order chi connectivity index (χ1) is 9.49. The van der Waals surface area contributed by atoms with Gasteiger partial charge in [0.1, 0.15) is 5.75 Å². The molecule has 0 saturated heterocycles. The molecule has 4 heteroatoms. The van der Waals surface area contributed by atoms with E-state index in [1.807, 2.05) is 24.3 Å². The first-order valence-corrected chi connectivity index (χ1v) is 6.88. The van der Waals surface area contributed by atoms with Gasteiger partial charge in [-0.15, -0.1) is 0 Å². The van der Waals surface area contributed by atoms with E-state index in [1.165, 1.54) is 6.92 Å². The number of hydrogen-bond acceptors (Lipinski definition) is 4. The second kappa shape index (κ2) is 5.92. The quantitative estimate of drug-likeness (QED) is 0.371. The summed E-state index contributed by atoms with van der Waals surface area (Å²) in [6.45, 7) is 6.69. The van der Waals surface area contributed by atoms with E-state index >= 15 is 0 Å². The van der Waals surface area contributed by atoms with Crippen molar-refractivity contribution in [2.75, 3.05) is 0 Å². The zero-order valence-electron chi connectivity index (χ0n) is 11.3. The minimum Gasteiger partial charge on any atom is -0.423 e. The Balaban J connectivity index is 2.51. The predicted octanol–water partition coefficient (Wildman–Crippen LogP) is 3.96. The van der Waals surface area contributed by atoms with Crippen LogP contribution < -0.4 is 4.74 Å². The normalized spacial score (nSPS) is 10.3. The van der Waals surface area contributed by atoms with Crippen LogP contribution in [-0.4, -0.2) is 11.1 Å². The van der Waals surface area contributed by atoms with Crippen molar-refractivity contribution in [2.24, 2.45) is 0 Å². The van der Waals surface area contributed by atoms with Gasteiger partial charge in [0.25, 0.3) is 0 Å². The van der Waals surface area contributed by atoms with E-state index in [1.54, 1.807) is 19.1 Å². The highest BCUT2D eigenvalue weighted by Crippen LogP contribution is 2.34. The molecular formula is C16H14O3S. The van der Waals surface area contributed by atoms with Crippen LogP contribution in [0.25, 0.3) is 10.8 Å². The molecule has 0 aliphatic heterocycles. The monoisotopic (exact) mass is 286 g/mol. The summed E-state index contributed by atoms with van der Waals surface area (Å²) in [5, 5.41) is 1.70. The summed E-state index contributed by atoms with van der Waals surface area (Å²) >= 11 is 1.16. The lowest BCUT2D eigenvalue weighted by molar-refractivity contribution is -0.130. The zero-order chi connectivity index (χ0) is 14.7. The van der Waals surface area contributed by atoms with Crippen LogP contribution in [-0.2, 0) is 9.59 Å². The maximum atomic E-state index is 11.6. The fraction of sp³-hybridized carbons (Fsp3) is 0.125. The van der Waals surface area contributed by atoms with Gasteiger partial charge >= 0.3 is 5.97 Å². The van der Waals surface area contributed by atoms with E-state index in [2.05, 4.69) is 6.58 Å². The van der Waals surface area contributed by atoms with Gasteiger partial charge in [-0.1, -0.05) is 42.6 Å². The lowest BCUT2D eigenvalue weighted by atomic mass is 10.1. The van der Waals surface area contributed by atoms with Gasteiger partial charge in [-0.2, -0.15) is 0 Å². The van der Waals surface area contributed by atoms with Crippen LogP contribution in [0.2, 0.25) is 0 Å². The molecule has 0 saturated carbocycles. The topological polar surface area (TPSA) is 43.4 Å². The molecule has 2 aromatic carbocycles. The average molecular weight is 286 g/mol. The second-order valence-corrected chi connectivity index (χ2v) is 5.59. The van der Waals surface area contributed by atoms with Crippen LogP contribution >= 0.6 is 11.8 Å². The fourth-order valence-corrected chi connectivity index (χ4v) is 2.50. The standard InChI is InChI=1S/C16H14O3S/c1-10(2)16(18)19-14-8-9-15(20-11(3)17)13-7-5-4-6-12(13)14/h4-9H,1H2,2-3H3. The van der Waals surface area contributed by atoms with Crippen LogP contribution in [0.5, 0.6) is 5.75 Å². The molecule has 0 fully saturated rings. The average Bonchev–Trinajstić information content (AvgIpc) is 2.41. The Hall–Kier alpha value is -2.07. The number of carbonyl (C=O) groups excluding carboxylic acids is 2. The number of esters is 1. The van der Waals surface area contributed by atoms with Crippen molar-refractivity contribution in [1.82, 2.24) is 0 Å². The summed E-state index contributed by atoms with van der Waals surface area (Å²) in [7, 11) is 0. The van der Waals surface area contributed by atoms with E-state index in [4.69, 9.17) is 4.74 Å². The Kier molecular flexibility index (Phi) is 4.25. The van der Waals surface area contributed by atoms with Gasteiger partial charge in [-0.05, 0) is 24.4 Å². The van der Waals surface area contributed by atoms with Crippen LogP contribution in [0.15, 0.2) is 53.4 Å². The van der Waals surface area contributed by atoms with Gasteiger partial charge in [-0.25, -0.2) is 4.79 Å². The van der Waals surface area contributed by atoms with Crippen molar-refractivity contribution in [2.45, 2.75) is 18.7 Å². The van der Waals surface area contributed by atoms with Crippen LogP contribution in [0, 0.1) is 0 Å². The van der Waals surface area contributed by atoms with E-state index < -0.39 is 5.97 Å². The van der Waals surface area contributed by atoms with E-state index in [9.17, 15) is 9.59 Å². The van der Waals surface area contributed by atoms with Crippen molar-refractivity contribution >= 4 is 33.6 Å². The highest BCUT2D eigenvalue weighted by atomic mass is 32.2. The van der Waals surface area contributed by atoms with Crippen molar-refractivity contribution in [3.8, 4) is 5.75 Å². The third-order valence-corrected chi connectivity index (χ3v) is 3.51. The van der Waals surface area contributed by atoms with E-state index in [-0.39, 0.29) is 5.12 Å². The molecule has 0 bridgehead atoms. The number of fused-ring (bicyclic) bond motifs is 1. The smallest absolute Gasteiger partial charge is 0.338 e. The summed E-state index contributed by atoms with van der Waals surface area (Å²) in [6, 6.07) is 11.0. The van der Waals surface area contributed by atoms with Gasteiger partial charge in [0, 0.05) is 22.8 Å². The molecule has 0 unspecified atom stereocenters. The first kappa shape index (κ1) is 14.3. The molecule has 0 heterocycles. The molecule has 2 rings (SSSR count). The molecule has 102 valence electrons. The van der Waals surface area contributed by atoms with Crippen LogP contribution in [0.1, 0.15) is 13.8 Å². The third kappa shape index (κ3) is 3.08. The van der Waals surface area contributed by atoms with Crippen molar-refractivity contribution in [3.05, 3.63) is 48.6 Å². The van der Waals surface area contributed by atoms with Gasteiger partial charge in [-0.3, -0.25) is 4.79 Å². The molecule has 20 heavy (non-hydrogen) atoms. The molecule has 0 spiro atoms. The van der Waals surface area contributed by atoms with Crippen LogP contribution in [0.3, 0.4) is 0 Å². The van der Waals surface area contributed by atoms with E-state index in [0.717, 1.165) is 27.4 Å². The van der Waals surface area contributed by atoms with Crippen molar-refractivity contribution in [1.29, 1.82) is 0 Å². The summed E-state index contributed by atoms with van der Waals surface area (Å²) in [4.78, 5) is 23.8. The molecule has 0 N–H and O–H groups in total. The molecule has 0 aliphatic carbocycles. The lowest BCUT2D eigenvalue weighted by Crippen LogP contribution is -2.08. The predicted molar refractivity (Wildman–Crippen MR) is 80.9 cm³/mol. The SMILES string of the molecule is C=C(C)C(=O)Oc1ccc(SC(C)=O)c2ccccc12. The molecular weight excluding hydrogens is 272 g/mol. The minimum absolute atomic E-state index is 0.0156. The number of carbonyl (C=O) groups is 2. The fourth-order valence-electron chi connectivity index (χ4n) is 1.76. The van der Waals surface area contributed by atoms with Crippen LogP contribution in [0.4, 0.5) is 0 Å². The molecule has 2 aromatic rings. The second-order valence-electron chi connectivity index (χ2n) is 4.37. The number of thioether (sulfide) groups is 1. The number of rotatable bonds is 3. The molecule has 3 nitrogen and oxygen atoms in total. The first-order valence-electron chi connectivity index (χ1n) is 6.07. The zero-order valence-corrected chi connectivity index (χ0v) is 12.1. The Morgan fingerprint density at radius 3 is 2.30 bits per heavy atom. The van der Waals surface area contributed by atoms with Gasteiger partial charge in [0.15, 0.2) is 5.12 Å². The Morgan fingerprint density at radius 1 is 1.05 bits per heavy atom. The lowest BCUT2D eigenvalue weighted by Gasteiger charge is -2.10. The minimum atomic E-state index is -0.456. The van der Waals surface area contributed by atoms with Gasteiger partial charge in [0.2, 0.25) is 0 Å². The Morgan fingerprint density at radius 2 is 1.70 bits per heavy atom. The third-order valence-electron chi connectivity index (χ3n) is 2.65. The largest absolute Gasteiger partial charge is 0.423 e. The van der Waals surface area contributed by atoms with Crippen molar-refractivity contribution < 1.29 is 14.3 Å². The summed E-state index contributed by atoms with van der Waals surface area (Å²) in [5.74, 6) is 0.0172. The Labute approximate surface area is 121 Å². The molecule has 0 amide bonds. The molecule has 0 aromatic heterocycles. The highest BCUT2D eigenvalue weighted by molar-refractivity contribution is 8.13.